The minimum absolute atomic E-state index is 0.251. The minimum Gasteiger partial charge on any atom is -0.293 e. The Bertz CT molecular complexity index is 556. The number of hydrogen-bond acceptors (Lipinski definition) is 1. The van der Waals surface area contributed by atoms with Crippen LogP contribution in [0.3, 0.4) is 0 Å². The SMILES string of the molecule is CCCCCCCCCCC(C)(C)N(CCc1ccccc1)C(C)(C)CCCCCCCCCC. The highest BCUT2D eigenvalue weighted by molar-refractivity contribution is 5.15. The van der Waals surface area contributed by atoms with E-state index in [-0.39, 0.29) is 11.1 Å². The Morgan fingerprint density at radius 1 is 0.514 bits per heavy atom. The molecule has 0 bridgehead atoms. The summed E-state index contributed by atoms with van der Waals surface area (Å²) in [7, 11) is 0. The lowest BCUT2D eigenvalue weighted by atomic mass is 9.85. The van der Waals surface area contributed by atoms with Crippen LogP contribution >= 0.6 is 0 Å². The van der Waals surface area contributed by atoms with Crippen molar-refractivity contribution < 1.29 is 0 Å². The third-order valence-corrected chi connectivity index (χ3v) is 8.21. The van der Waals surface area contributed by atoms with Gasteiger partial charge in [-0.2, -0.15) is 0 Å². The standard InChI is InChI=1S/C34H63N/c1-7-9-11-13-15-17-19-24-29-33(3,4)35(31-28-32-26-22-21-23-27-32)34(5,6)30-25-20-18-16-14-12-10-8-2/h21-23,26-27H,7-20,24-25,28-31H2,1-6H3. The van der Waals surface area contributed by atoms with Gasteiger partial charge in [-0.15, -0.1) is 0 Å². The summed E-state index contributed by atoms with van der Waals surface area (Å²) < 4.78 is 0. The van der Waals surface area contributed by atoms with Crippen molar-refractivity contribution in [2.24, 2.45) is 0 Å². The van der Waals surface area contributed by atoms with Gasteiger partial charge in [-0.1, -0.05) is 147 Å². The molecule has 0 aliphatic rings. The van der Waals surface area contributed by atoms with Crippen LogP contribution in [0, 0.1) is 0 Å². The van der Waals surface area contributed by atoms with Gasteiger partial charge >= 0.3 is 0 Å². The van der Waals surface area contributed by atoms with E-state index >= 15 is 0 Å². The molecule has 0 N–H and O–H groups in total. The molecule has 0 saturated carbocycles. The van der Waals surface area contributed by atoms with Crippen LogP contribution in [-0.4, -0.2) is 22.5 Å². The average Bonchev–Trinajstić information content (AvgIpc) is 2.83. The molecule has 1 nitrogen and oxygen atoms in total. The second-order valence-electron chi connectivity index (χ2n) is 12.5. The van der Waals surface area contributed by atoms with E-state index in [1.54, 1.807) is 0 Å². The fourth-order valence-electron chi connectivity index (χ4n) is 5.96. The molecular weight excluding hydrogens is 422 g/mol. The molecule has 1 aromatic rings. The highest BCUT2D eigenvalue weighted by Crippen LogP contribution is 2.33. The molecule has 1 rings (SSSR count). The van der Waals surface area contributed by atoms with Crippen molar-refractivity contribution in [1.82, 2.24) is 4.90 Å². The minimum atomic E-state index is 0.251. The van der Waals surface area contributed by atoms with Crippen LogP contribution in [0.1, 0.15) is 163 Å². The van der Waals surface area contributed by atoms with Gasteiger partial charge in [0.05, 0.1) is 0 Å². The van der Waals surface area contributed by atoms with Gasteiger partial charge in [0.2, 0.25) is 0 Å². The van der Waals surface area contributed by atoms with Gasteiger partial charge in [0.25, 0.3) is 0 Å². The summed E-state index contributed by atoms with van der Waals surface area (Å²) in [6, 6.07) is 11.1. The molecule has 0 atom stereocenters. The maximum Gasteiger partial charge on any atom is 0.0158 e. The smallest absolute Gasteiger partial charge is 0.0158 e. The summed E-state index contributed by atoms with van der Waals surface area (Å²) in [6.07, 6.45) is 26.3. The topological polar surface area (TPSA) is 3.24 Å². The lowest BCUT2D eigenvalue weighted by Crippen LogP contribution is -2.56. The van der Waals surface area contributed by atoms with E-state index in [2.05, 4.69) is 76.8 Å². The molecule has 1 heteroatoms. The van der Waals surface area contributed by atoms with E-state index in [1.807, 2.05) is 0 Å². The molecule has 0 fully saturated rings. The zero-order chi connectivity index (χ0) is 25.8. The molecule has 0 unspecified atom stereocenters. The molecule has 0 aliphatic carbocycles. The Kier molecular flexibility index (Phi) is 17.8. The zero-order valence-corrected chi connectivity index (χ0v) is 25.0. The van der Waals surface area contributed by atoms with E-state index < -0.39 is 0 Å². The first-order chi connectivity index (χ1) is 16.8. The Hall–Kier alpha value is -0.820. The predicted octanol–water partition coefficient (Wildman–Crippen LogP) is 11.1. The molecule has 35 heavy (non-hydrogen) atoms. The quantitative estimate of drug-likeness (QED) is 0.139. The first-order valence-electron chi connectivity index (χ1n) is 15.6. The van der Waals surface area contributed by atoms with Gasteiger partial charge in [0.1, 0.15) is 0 Å². The molecule has 0 heterocycles. The van der Waals surface area contributed by atoms with Crippen molar-refractivity contribution in [3.05, 3.63) is 35.9 Å². The van der Waals surface area contributed by atoms with Crippen molar-refractivity contribution in [3.8, 4) is 0 Å². The summed E-state index contributed by atoms with van der Waals surface area (Å²) in [5.41, 5.74) is 1.98. The highest BCUT2D eigenvalue weighted by atomic mass is 15.2. The molecule has 204 valence electrons. The molecule has 0 aliphatic heterocycles. The second-order valence-corrected chi connectivity index (χ2v) is 12.5. The molecule has 0 spiro atoms. The van der Waals surface area contributed by atoms with Gasteiger partial charge in [-0.05, 0) is 52.5 Å². The van der Waals surface area contributed by atoms with Crippen LogP contribution < -0.4 is 0 Å². The number of hydrogen-bond donors (Lipinski definition) is 0. The molecule has 1 aromatic carbocycles. The van der Waals surface area contributed by atoms with Gasteiger partial charge in [-0.25, -0.2) is 0 Å². The second kappa shape index (κ2) is 19.3. The molecule has 0 aromatic heterocycles. The molecule has 0 saturated heterocycles. The molecule has 0 amide bonds. The van der Waals surface area contributed by atoms with Crippen molar-refractivity contribution in [1.29, 1.82) is 0 Å². The number of nitrogens with zero attached hydrogens (tertiary/aromatic N) is 1. The normalized spacial score (nSPS) is 12.5. The zero-order valence-electron chi connectivity index (χ0n) is 25.0. The molecular formula is C34H63N. The fraction of sp³-hybridized carbons (Fsp3) is 0.824. The van der Waals surface area contributed by atoms with Gasteiger partial charge in [0, 0.05) is 17.6 Å². The maximum atomic E-state index is 2.88. The average molecular weight is 486 g/mol. The van der Waals surface area contributed by atoms with Gasteiger partial charge < -0.3 is 0 Å². The summed E-state index contributed by atoms with van der Waals surface area (Å²) in [5, 5.41) is 0. The third-order valence-electron chi connectivity index (χ3n) is 8.21. The van der Waals surface area contributed by atoms with Crippen LogP contribution in [0.25, 0.3) is 0 Å². The summed E-state index contributed by atoms with van der Waals surface area (Å²) in [5.74, 6) is 0. The van der Waals surface area contributed by atoms with Gasteiger partial charge in [0.15, 0.2) is 0 Å². The summed E-state index contributed by atoms with van der Waals surface area (Å²) >= 11 is 0. The lowest BCUT2D eigenvalue weighted by Gasteiger charge is -2.49. The van der Waals surface area contributed by atoms with E-state index in [9.17, 15) is 0 Å². The maximum absolute atomic E-state index is 2.88. The van der Waals surface area contributed by atoms with Crippen LogP contribution in [0.4, 0.5) is 0 Å². The summed E-state index contributed by atoms with van der Waals surface area (Å²) in [4.78, 5) is 2.88. The van der Waals surface area contributed by atoms with Crippen molar-refractivity contribution >= 4 is 0 Å². The predicted molar refractivity (Wildman–Crippen MR) is 159 cm³/mol. The number of unbranched alkanes of at least 4 members (excludes halogenated alkanes) is 14. The molecule has 0 radical (unpaired) electrons. The van der Waals surface area contributed by atoms with E-state index in [0.717, 1.165) is 13.0 Å². The van der Waals surface area contributed by atoms with Crippen LogP contribution in [0.2, 0.25) is 0 Å². The van der Waals surface area contributed by atoms with E-state index in [1.165, 1.54) is 121 Å². The van der Waals surface area contributed by atoms with E-state index in [4.69, 9.17) is 0 Å². The first-order valence-corrected chi connectivity index (χ1v) is 15.6. The number of benzene rings is 1. The van der Waals surface area contributed by atoms with Crippen LogP contribution in [0.15, 0.2) is 30.3 Å². The highest BCUT2D eigenvalue weighted by Gasteiger charge is 2.36. The largest absolute Gasteiger partial charge is 0.293 e. The van der Waals surface area contributed by atoms with Crippen molar-refractivity contribution in [2.75, 3.05) is 6.54 Å². The fourth-order valence-corrected chi connectivity index (χ4v) is 5.96. The van der Waals surface area contributed by atoms with Crippen LogP contribution in [-0.2, 0) is 6.42 Å². The van der Waals surface area contributed by atoms with Crippen molar-refractivity contribution in [3.63, 3.8) is 0 Å². The summed E-state index contributed by atoms with van der Waals surface area (Å²) in [6.45, 7) is 15.9. The first kappa shape index (κ1) is 32.2. The monoisotopic (exact) mass is 485 g/mol. The van der Waals surface area contributed by atoms with Crippen LogP contribution in [0.5, 0.6) is 0 Å². The van der Waals surface area contributed by atoms with Gasteiger partial charge in [-0.3, -0.25) is 4.90 Å². The lowest BCUT2D eigenvalue weighted by molar-refractivity contribution is 0.00402. The number of rotatable bonds is 23. The Balaban J connectivity index is 2.58. The Morgan fingerprint density at radius 2 is 0.886 bits per heavy atom. The van der Waals surface area contributed by atoms with E-state index in [0.29, 0.717) is 0 Å². The Morgan fingerprint density at radius 3 is 1.29 bits per heavy atom. The Labute approximate surface area is 221 Å². The van der Waals surface area contributed by atoms with Crippen molar-refractivity contribution in [2.45, 2.75) is 175 Å². The third kappa shape index (κ3) is 15.1.